The SMILES string of the molecule is COC(=O)[C@H]1CC[C@@H](n2c(=O)[nH]c3c(N4CCOCC4)cccc32)CC1. The van der Waals surface area contributed by atoms with Crippen molar-refractivity contribution in [3.05, 3.63) is 28.7 Å². The van der Waals surface area contributed by atoms with Gasteiger partial charge in [0.15, 0.2) is 0 Å². The maximum atomic E-state index is 12.7. The molecular weight excluding hydrogens is 334 g/mol. The molecule has 4 rings (SSSR count). The van der Waals surface area contributed by atoms with Crippen molar-refractivity contribution in [2.45, 2.75) is 31.7 Å². The Morgan fingerprint density at radius 3 is 2.62 bits per heavy atom. The second kappa shape index (κ2) is 7.15. The molecule has 1 aromatic heterocycles. The highest BCUT2D eigenvalue weighted by Gasteiger charge is 2.29. The van der Waals surface area contributed by atoms with Crippen molar-refractivity contribution in [2.24, 2.45) is 5.92 Å². The van der Waals surface area contributed by atoms with E-state index in [0.29, 0.717) is 13.2 Å². The lowest BCUT2D eigenvalue weighted by Gasteiger charge is -2.29. The molecule has 2 heterocycles. The van der Waals surface area contributed by atoms with Crippen molar-refractivity contribution in [3.63, 3.8) is 0 Å². The fourth-order valence-corrected chi connectivity index (χ4v) is 4.30. The topological polar surface area (TPSA) is 76.6 Å². The molecule has 1 aliphatic heterocycles. The number of carbonyl (C=O) groups is 1. The number of hydrogen-bond acceptors (Lipinski definition) is 5. The third-order valence-electron chi connectivity index (χ3n) is 5.68. The van der Waals surface area contributed by atoms with Gasteiger partial charge in [0.2, 0.25) is 0 Å². The highest BCUT2D eigenvalue weighted by Crippen LogP contribution is 2.35. The van der Waals surface area contributed by atoms with E-state index in [0.717, 1.165) is 55.5 Å². The van der Waals surface area contributed by atoms with Gasteiger partial charge in [-0.05, 0) is 37.8 Å². The monoisotopic (exact) mass is 359 g/mol. The third-order valence-corrected chi connectivity index (χ3v) is 5.68. The molecule has 0 unspecified atom stereocenters. The van der Waals surface area contributed by atoms with Crippen LogP contribution in [-0.4, -0.2) is 48.9 Å². The minimum absolute atomic E-state index is 0.0407. The molecule has 26 heavy (non-hydrogen) atoms. The Kier molecular flexibility index (Phi) is 4.72. The van der Waals surface area contributed by atoms with Gasteiger partial charge in [0.25, 0.3) is 0 Å². The van der Waals surface area contributed by atoms with E-state index in [-0.39, 0.29) is 23.6 Å². The third kappa shape index (κ3) is 3.00. The zero-order valence-corrected chi connectivity index (χ0v) is 15.1. The average molecular weight is 359 g/mol. The number of para-hydroxylation sites is 1. The molecule has 0 radical (unpaired) electrons. The summed E-state index contributed by atoms with van der Waals surface area (Å²) in [5.41, 5.74) is 2.84. The van der Waals surface area contributed by atoms with Crippen LogP contribution in [0.25, 0.3) is 11.0 Å². The number of rotatable bonds is 3. The van der Waals surface area contributed by atoms with E-state index in [2.05, 4.69) is 16.0 Å². The number of benzene rings is 1. The first-order valence-corrected chi connectivity index (χ1v) is 9.33. The summed E-state index contributed by atoms with van der Waals surface area (Å²) in [4.78, 5) is 29.8. The van der Waals surface area contributed by atoms with Gasteiger partial charge in [-0.25, -0.2) is 4.79 Å². The maximum absolute atomic E-state index is 12.7. The number of methoxy groups -OCH3 is 1. The van der Waals surface area contributed by atoms with E-state index >= 15 is 0 Å². The summed E-state index contributed by atoms with van der Waals surface area (Å²) in [6, 6.07) is 6.19. The zero-order chi connectivity index (χ0) is 18.1. The lowest BCUT2D eigenvalue weighted by atomic mass is 9.86. The predicted octanol–water partition coefficient (Wildman–Crippen LogP) is 2.07. The maximum Gasteiger partial charge on any atom is 0.326 e. The Labute approximate surface area is 151 Å². The van der Waals surface area contributed by atoms with Crippen molar-refractivity contribution in [3.8, 4) is 0 Å². The second-order valence-corrected chi connectivity index (χ2v) is 7.10. The summed E-state index contributed by atoms with van der Waals surface area (Å²) in [5.74, 6) is -0.176. The minimum atomic E-state index is -0.135. The van der Waals surface area contributed by atoms with Gasteiger partial charge in [-0.3, -0.25) is 9.36 Å². The van der Waals surface area contributed by atoms with E-state index < -0.39 is 0 Å². The Balaban J connectivity index is 1.63. The Bertz CT molecular complexity index is 842. The lowest BCUT2D eigenvalue weighted by molar-refractivity contribution is -0.146. The van der Waals surface area contributed by atoms with Gasteiger partial charge >= 0.3 is 11.7 Å². The smallest absolute Gasteiger partial charge is 0.326 e. The fraction of sp³-hybridized carbons (Fsp3) is 0.579. The average Bonchev–Trinajstić information content (AvgIpc) is 3.04. The van der Waals surface area contributed by atoms with Crippen LogP contribution in [0, 0.1) is 5.92 Å². The molecule has 7 nitrogen and oxygen atoms in total. The quantitative estimate of drug-likeness (QED) is 0.849. The number of ether oxygens (including phenoxy) is 2. The molecule has 0 spiro atoms. The van der Waals surface area contributed by atoms with Crippen molar-refractivity contribution < 1.29 is 14.3 Å². The minimum Gasteiger partial charge on any atom is -0.469 e. The molecule has 0 atom stereocenters. The summed E-state index contributed by atoms with van der Waals surface area (Å²) in [5, 5.41) is 0. The number of aromatic nitrogens is 2. The van der Waals surface area contributed by atoms with E-state index in [1.54, 1.807) is 0 Å². The standard InChI is InChI=1S/C19H25N3O4/c1-25-18(23)13-5-7-14(8-6-13)22-16-4-2-3-15(17(16)20-19(22)24)21-9-11-26-12-10-21/h2-4,13-14H,5-12H2,1H3,(H,20,24)/t13-,14+. The predicted molar refractivity (Wildman–Crippen MR) is 98.6 cm³/mol. The van der Waals surface area contributed by atoms with E-state index in [4.69, 9.17) is 9.47 Å². The molecule has 1 N–H and O–H groups in total. The van der Waals surface area contributed by atoms with Crippen LogP contribution < -0.4 is 10.6 Å². The van der Waals surface area contributed by atoms with Gasteiger partial charge in [-0.1, -0.05) is 6.07 Å². The summed E-state index contributed by atoms with van der Waals surface area (Å²) in [7, 11) is 1.44. The molecule has 0 amide bonds. The van der Waals surface area contributed by atoms with Gasteiger partial charge in [-0.2, -0.15) is 0 Å². The van der Waals surface area contributed by atoms with Crippen molar-refractivity contribution in [1.82, 2.24) is 9.55 Å². The first-order valence-electron chi connectivity index (χ1n) is 9.33. The highest BCUT2D eigenvalue weighted by molar-refractivity contribution is 5.89. The molecule has 1 saturated heterocycles. The number of nitrogens with zero attached hydrogens (tertiary/aromatic N) is 2. The van der Waals surface area contributed by atoms with Crippen LogP contribution in [0.1, 0.15) is 31.7 Å². The normalized spacial score (nSPS) is 24.0. The fourth-order valence-electron chi connectivity index (χ4n) is 4.30. The number of aromatic amines is 1. The number of hydrogen-bond donors (Lipinski definition) is 1. The van der Waals surface area contributed by atoms with Crippen LogP contribution in [0.3, 0.4) is 0 Å². The summed E-state index contributed by atoms with van der Waals surface area (Å²) >= 11 is 0. The zero-order valence-electron chi connectivity index (χ0n) is 15.1. The molecule has 140 valence electrons. The molecule has 2 aliphatic rings. The highest BCUT2D eigenvalue weighted by atomic mass is 16.5. The number of fused-ring (bicyclic) bond motifs is 1. The van der Waals surface area contributed by atoms with Crippen LogP contribution in [-0.2, 0) is 14.3 Å². The lowest BCUT2D eigenvalue weighted by Crippen LogP contribution is -2.36. The molecule has 7 heteroatoms. The largest absolute Gasteiger partial charge is 0.469 e. The van der Waals surface area contributed by atoms with Crippen LogP contribution in [0.2, 0.25) is 0 Å². The first kappa shape index (κ1) is 17.1. The van der Waals surface area contributed by atoms with Crippen molar-refractivity contribution >= 4 is 22.7 Å². The summed E-state index contributed by atoms with van der Waals surface area (Å²) in [6.45, 7) is 3.07. The van der Waals surface area contributed by atoms with Gasteiger partial charge in [0, 0.05) is 19.1 Å². The van der Waals surface area contributed by atoms with Gasteiger partial charge in [0.05, 0.1) is 43.0 Å². The molecule has 1 aliphatic carbocycles. The van der Waals surface area contributed by atoms with E-state index in [9.17, 15) is 9.59 Å². The van der Waals surface area contributed by atoms with Crippen molar-refractivity contribution in [1.29, 1.82) is 0 Å². The summed E-state index contributed by atoms with van der Waals surface area (Å²) in [6.07, 6.45) is 3.15. The molecule has 2 aromatic rings. The van der Waals surface area contributed by atoms with Crippen LogP contribution in [0.5, 0.6) is 0 Å². The summed E-state index contributed by atoms with van der Waals surface area (Å²) < 4.78 is 12.2. The number of imidazole rings is 1. The first-order chi connectivity index (χ1) is 12.7. The number of esters is 1. The Morgan fingerprint density at radius 2 is 1.92 bits per heavy atom. The number of H-pyrrole nitrogens is 1. The number of anilines is 1. The van der Waals surface area contributed by atoms with Gasteiger partial charge in [0.1, 0.15) is 0 Å². The van der Waals surface area contributed by atoms with Gasteiger partial charge < -0.3 is 19.4 Å². The van der Waals surface area contributed by atoms with Gasteiger partial charge in [-0.15, -0.1) is 0 Å². The number of carbonyl (C=O) groups excluding carboxylic acids is 1. The number of morpholine rings is 1. The van der Waals surface area contributed by atoms with Crippen LogP contribution in [0.4, 0.5) is 5.69 Å². The molecule has 1 saturated carbocycles. The molecule has 0 bridgehead atoms. The molecular formula is C19H25N3O4. The van der Waals surface area contributed by atoms with Crippen LogP contribution in [0.15, 0.2) is 23.0 Å². The Hall–Kier alpha value is -2.28. The van der Waals surface area contributed by atoms with E-state index in [1.807, 2.05) is 16.7 Å². The molecule has 1 aromatic carbocycles. The number of nitrogens with one attached hydrogen (secondary N) is 1. The van der Waals surface area contributed by atoms with E-state index in [1.165, 1.54) is 7.11 Å². The van der Waals surface area contributed by atoms with Crippen molar-refractivity contribution in [2.75, 3.05) is 38.3 Å². The molecule has 2 fully saturated rings. The Morgan fingerprint density at radius 1 is 1.19 bits per heavy atom. The van der Waals surface area contributed by atoms with Crippen LogP contribution >= 0.6 is 0 Å². The second-order valence-electron chi connectivity index (χ2n) is 7.10.